The van der Waals surface area contributed by atoms with E-state index in [1.54, 1.807) is 0 Å². The summed E-state index contributed by atoms with van der Waals surface area (Å²) in [6.45, 7) is 11.7. The standard InChI is InChI=1S/C14H23NO4/c1-10(2)7-14(12(17)18-6)8-19-11(13(3,4)5)15(14)9-16/h9,11H,1,7-8H2,2-6H3/t11-,14?/m1/s1. The molecule has 0 aliphatic carbocycles. The molecule has 2 atom stereocenters. The highest BCUT2D eigenvalue weighted by Gasteiger charge is 2.56. The lowest BCUT2D eigenvalue weighted by Crippen LogP contribution is -2.56. The number of esters is 1. The van der Waals surface area contributed by atoms with Crippen molar-refractivity contribution in [3.8, 4) is 0 Å². The third-order valence-electron chi connectivity index (χ3n) is 3.24. The van der Waals surface area contributed by atoms with Gasteiger partial charge in [0.05, 0.1) is 13.7 Å². The fourth-order valence-corrected chi connectivity index (χ4v) is 2.49. The number of ether oxygens (including phenoxy) is 2. The maximum Gasteiger partial charge on any atom is 0.334 e. The average molecular weight is 269 g/mol. The molecule has 19 heavy (non-hydrogen) atoms. The first-order valence-corrected chi connectivity index (χ1v) is 6.27. The summed E-state index contributed by atoms with van der Waals surface area (Å²) in [6, 6.07) is 0. The van der Waals surface area contributed by atoms with Gasteiger partial charge in [-0.2, -0.15) is 0 Å². The molecule has 1 heterocycles. The van der Waals surface area contributed by atoms with Gasteiger partial charge >= 0.3 is 5.97 Å². The molecule has 0 bridgehead atoms. The Labute approximate surface area is 114 Å². The summed E-state index contributed by atoms with van der Waals surface area (Å²) < 4.78 is 10.6. The van der Waals surface area contributed by atoms with Crippen LogP contribution in [0.3, 0.4) is 0 Å². The van der Waals surface area contributed by atoms with Crippen LogP contribution >= 0.6 is 0 Å². The van der Waals surface area contributed by atoms with Crippen molar-refractivity contribution in [3.63, 3.8) is 0 Å². The van der Waals surface area contributed by atoms with E-state index in [0.717, 1.165) is 5.57 Å². The summed E-state index contributed by atoms with van der Waals surface area (Å²) in [6.07, 6.45) is 0.553. The van der Waals surface area contributed by atoms with Crippen LogP contribution < -0.4 is 0 Å². The average Bonchev–Trinajstić information content (AvgIpc) is 2.66. The van der Waals surface area contributed by atoms with Crippen molar-refractivity contribution < 1.29 is 19.1 Å². The zero-order chi connectivity index (χ0) is 14.8. The summed E-state index contributed by atoms with van der Waals surface area (Å²) in [7, 11) is 1.32. The van der Waals surface area contributed by atoms with Crippen LogP contribution in [0.15, 0.2) is 12.2 Å². The van der Waals surface area contributed by atoms with E-state index in [4.69, 9.17) is 9.47 Å². The minimum Gasteiger partial charge on any atom is -0.467 e. The van der Waals surface area contributed by atoms with Crippen molar-refractivity contribution >= 4 is 12.4 Å². The third-order valence-corrected chi connectivity index (χ3v) is 3.24. The molecule has 1 aliphatic rings. The molecule has 0 spiro atoms. The van der Waals surface area contributed by atoms with E-state index in [9.17, 15) is 9.59 Å². The first-order valence-electron chi connectivity index (χ1n) is 6.27. The molecule has 0 aromatic rings. The number of carbonyl (C=O) groups is 2. The molecule has 5 nitrogen and oxygen atoms in total. The first-order chi connectivity index (χ1) is 8.69. The summed E-state index contributed by atoms with van der Waals surface area (Å²) in [5.74, 6) is -0.464. The highest BCUT2D eigenvalue weighted by atomic mass is 16.5. The van der Waals surface area contributed by atoms with Crippen LogP contribution in [-0.4, -0.2) is 42.8 Å². The van der Waals surface area contributed by atoms with Crippen molar-refractivity contribution in [2.75, 3.05) is 13.7 Å². The van der Waals surface area contributed by atoms with Crippen LogP contribution in [0, 0.1) is 5.41 Å². The van der Waals surface area contributed by atoms with Crippen molar-refractivity contribution in [2.24, 2.45) is 5.41 Å². The molecule has 1 saturated heterocycles. The quantitative estimate of drug-likeness (QED) is 0.443. The molecule has 1 aliphatic heterocycles. The molecule has 0 saturated carbocycles. The van der Waals surface area contributed by atoms with Crippen LogP contribution in [0.2, 0.25) is 0 Å². The lowest BCUT2D eigenvalue weighted by molar-refractivity contribution is -0.158. The van der Waals surface area contributed by atoms with Gasteiger partial charge in [-0.3, -0.25) is 9.69 Å². The molecule has 1 fully saturated rings. The largest absolute Gasteiger partial charge is 0.467 e. The Kier molecular flexibility index (Phi) is 4.40. The van der Waals surface area contributed by atoms with Gasteiger partial charge in [-0.15, -0.1) is 6.58 Å². The van der Waals surface area contributed by atoms with Gasteiger partial charge in [0, 0.05) is 11.8 Å². The molecule has 0 aromatic carbocycles. The van der Waals surface area contributed by atoms with E-state index in [1.165, 1.54) is 12.0 Å². The molecule has 5 heteroatoms. The Hall–Kier alpha value is -1.36. The molecular weight excluding hydrogens is 246 g/mol. The Morgan fingerprint density at radius 3 is 2.53 bits per heavy atom. The Morgan fingerprint density at radius 2 is 2.16 bits per heavy atom. The van der Waals surface area contributed by atoms with Crippen LogP contribution in [0.5, 0.6) is 0 Å². The summed E-state index contributed by atoms with van der Waals surface area (Å²) in [5, 5.41) is 0. The molecule has 0 N–H and O–H groups in total. The van der Waals surface area contributed by atoms with Gasteiger partial charge in [0.2, 0.25) is 6.41 Å². The monoisotopic (exact) mass is 269 g/mol. The second-order valence-electron chi connectivity index (χ2n) is 6.20. The van der Waals surface area contributed by atoms with E-state index in [-0.39, 0.29) is 12.0 Å². The van der Waals surface area contributed by atoms with E-state index in [0.29, 0.717) is 12.8 Å². The number of hydrogen-bond acceptors (Lipinski definition) is 4. The number of methoxy groups -OCH3 is 1. The van der Waals surface area contributed by atoms with Gasteiger partial charge in [-0.1, -0.05) is 26.3 Å². The number of rotatable bonds is 4. The Morgan fingerprint density at radius 1 is 1.58 bits per heavy atom. The van der Waals surface area contributed by atoms with Gasteiger partial charge in [-0.25, -0.2) is 4.79 Å². The smallest absolute Gasteiger partial charge is 0.334 e. The van der Waals surface area contributed by atoms with Gasteiger partial charge in [0.15, 0.2) is 5.54 Å². The maximum atomic E-state index is 12.2. The van der Waals surface area contributed by atoms with Crippen molar-refractivity contribution in [3.05, 3.63) is 12.2 Å². The summed E-state index contributed by atoms with van der Waals surface area (Å²) in [5.41, 5.74) is -0.582. The number of amides is 1. The topological polar surface area (TPSA) is 55.8 Å². The predicted octanol–water partition coefficient (Wildman–Crippen LogP) is 1.73. The van der Waals surface area contributed by atoms with Crippen LogP contribution in [0.25, 0.3) is 0 Å². The van der Waals surface area contributed by atoms with Crippen molar-refractivity contribution in [1.29, 1.82) is 0 Å². The SMILES string of the molecule is C=C(C)CC1(C(=O)OC)CO[C@H](C(C)(C)C)N1C=O. The minimum atomic E-state index is -1.10. The highest BCUT2D eigenvalue weighted by molar-refractivity contribution is 5.84. The molecule has 0 aromatic heterocycles. The normalized spacial score (nSPS) is 27.2. The number of carbonyl (C=O) groups excluding carboxylic acids is 2. The molecule has 1 rings (SSSR count). The lowest BCUT2D eigenvalue weighted by Gasteiger charge is -2.38. The van der Waals surface area contributed by atoms with E-state index >= 15 is 0 Å². The minimum absolute atomic E-state index is 0.132. The van der Waals surface area contributed by atoms with Gasteiger partial charge in [0.25, 0.3) is 0 Å². The number of nitrogens with zero attached hydrogens (tertiary/aromatic N) is 1. The van der Waals surface area contributed by atoms with Crippen molar-refractivity contribution in [2.45, 2.75) is 45.9 Å². The first kappa shape index (κ1) is 15.7. The molecule has 108 valence electrons. The fourth-order valence-electron chi connectivity index (χ4n) is 2.49. The Balaban J connectivity index is 3.21. The van der Waals surface area contributed by atoms with Crippen LogP contribution in [-0.2, 0) is 19.1 Å². The highest BCUT2D eigenvalue weighted by Crippen LogP contribution is 2.39. The summed E-state index contributed by atoms with van der Waals surface area (Å²) >= 11 is 0. The summed E-state index contributed by atoms with van der Waals surface area (Å²) in [4.78, 5) is 25.1. The third kappa shape index (κ3) is 2.81. The second-order valence-corrected chi connectivity index (χ2v) is 6.20. The van der Waals surface area contributed by atoms with E-state index in [2.05, 4.69) is 6.58 Å². The van der Waals surface area contributed by atoms with Gasteiger partial charge in [0.1, 0.15) is 6.23 Å². The van der Waals surface area contributed by atoms with E-state index < -0.39 is 17.7 Å². The molecule has 0 radical (unpaired) electrons. The molecule has 1 unspecified atom stereocenters. The van der Waals surface area contributed by atoms with Gasteiger partial charge in [-0.05, 0) is 6.92 Å². The van der Waals surface area contributed by atoms with Crippen LogP contribution in [0.4, 0.5) is 0 Å². The molecular formula is C14H23NO4. The maximum absolute atomic E-state index is 12.2. The number of hydrogen-bond donors (Lipinski definition) is 0. The van der Waals surface area contributed by atoms with E-state index in [1.807, 2.05) is 27.7 Å². The van der Waals surface area contributed by atoms with Gasteiger partial charge < -0.3 is 9.47 Å². The predicted molar refractivity (Wildman–Crippen MR) is 71.3 cm³/mol. The van der Waals surface area contributed by atoms with Crippen molar-refractivity contribution in [1.82, 2.24) is 4.90 Å². The zero-order valence-electron chi connectivity index (χ0n) is 12.4. The zero-order valence-corrected chi connectivity index (χ0v) is 12.4. The molecule has 1 amide bonds. The second kappa shape index (κ2) is 5.33. The lowest BCUT2D eigenvalue weighted by atomic mass is 9.88. The fraction of sp³-hybridized carbons (Fsp3) is 0.714. The Bertz CT molecular complexity index is 385. The van der Waals surface area contributed by atoms with Crippen LogP contribution in [0.1, 0.15) is 34.1 Å².